The number of hydrogen-bond donors (Lipinski definition) is 0. The van der Waals surface area contributed by atoms with Crippen molar-refractivity contribution in [3.8, 4) is 11.5 Å². The molecule has 0 saturated carbocycles. The number of benzene rings is 3. The Kier molecular flexibility index (Phi) is 7.42. The van der Waals surface area contributed by atoms with Crippen molar-refractivity contribution in [2.75, 3.05) is 46.1 Å². The van der Waals surface area contributed by atoms with Gasteiger partial charge in [-0.05, 0) is 66.9 Å². The number of piperazine rings is 1. The van der Waals surface area contributed by atoms with Crippen molar-refractivity contribution >= 4 is 11.0 Å². The van der Waals surface area contributed by atoms with Gasteiger partial charge in [-0.15, -0.1) is 0 Å². The molecular weight excluding hydrogens is 498 g/mol. The van der Waals surface area contributed by atoms with Gasteiger partial charge in [0.1, 0.15) is 5.82 Å². The van der Waals surface area contributed by atoms with E-state index in [0.717, 1.165) is 75.2 Å². The lowest BCUT2D eigenvalue weighted by Gasteiger charge is -2.34. The van der Waals surface area contributed by atoms with E-state index in [-0.39, 0.29) is 0 Å². The van der Waals surface area contributed by atoms with Crippen molar-refractivity contribution in [3.63, 3.8) is 0 Å². The lowest BCUT2D eigenvalue weighted by molar-refractivity contribution is 0.119. The fraction of sp³-hybridized carbons (Fsp3) is 0.424. The summed E-state index contributed by atoms with van der Waals surface area (Å²) in [5.74, 6) is 2.87. The van der Waals surface area contributed by atoms with Gasteiger partial charge in [0.05, 0.1) is 17.6 Å². The third-order valence-corrected chi connectivity index (χ3v) is 8.63. The number of ether oxygens (including phenoxy) is 2. The molecule has 7 nitrogen and oxygen atoms in total. The van der Waals surface area contributed by atoms with Crippen molar-refractivity contribution < 1.29 is 9.47 Å². The Labute approximate surface area is 236 Å². The van der Waals surface area contributed by atoms with E-state index in [9.17, 15) is 0 Å². The normalized spacial score (nSPS) is 18.5. The molecule has 7 heteroatoms. The monoisotopic (exact) mass is 537 g/mol. The Morgan fingerprint density at radius 3 is 2.00 bits per heavy atom. The van der Waals surface area contributed by atoms with E-state index in [1.165, 1.54) is 54.6 Å². The molecule has 0 bridgehead atoms. The topological polar surface area (TPSA) is 46.0 Å². The second-order valence-electron chi connectivity index (χ2n) is 11.5. The Balaban J connectivity index is 0.999. The van der Waals surface area contributed by atoms with E-state index in [2.05, 4.69) is 79.9 Å². The summed E-state index contributed by atoms with van der Waals surface area (Å²) in [5.41, 5.74) is 6.33. The Bertz CT molecular complexity index is 1440. The molecule has 40 heavy (non-hydrogen) atoms. The summed E-state index contributed by atoms with van der Waals surface area (Å²) in [6, 6.07) is 24.1. The van der Waals surface area contributed by atoms with Gasteiger partial charge in [0.2, 0.25) is 6.79 Å². The maximum atomic E-state index is 5.57. The Morgan fingerprint density at radius 2 is 1.20 bits per heavy atom. The van der Waals surface area contributed by atoms with Crippen molar-refractivity contribution in [1.82, 2.24) is 24.3 Å². The van der Waals surface area contributed by atoms with Gasteiger partial charge in [0.15, 0.2) is 11.5 Å². The number of likely N-dealkylation sites (tertiary alicyclic amines) is 1. The van der Waals surface area contributed by atoms with Crippen LogP contribution in [0.15, 0.2) is 66.7 Å². The molecule has 0 aliphatic carbocycles. The van der Waals surface area contributed by atoms with Gasteiger partial charge in [-0.25, -0.2) is 4.98 Å². The summed E-state index contributed by atoms with van der Waals surface area (Å²) >= 11 is 0. The van der Waals surface area contributed by atoms with Gasteiger partial charge in [0.25, 0.3) is 0 Å². The zero-order valence-electron chi connectivity index (χ0n) is 23.3. The third kappa shape index (κ3) is 5.73. The average molecular weight is 538 g/mol. The second-order valence-corrected chi connectivity index (χ2v) is 11.5. The van der Waals surface area contributed by atoms with E-state index in [1.54, 1.807) is 0 Å². The quantitative estimate of drug-likeness (QED) is 0.311. The molecule has 0 atom stereocenters. The van der Waals surface area contributed by atoms with E-state index >= 15 is 0 Å². The van der Waals surface area contributed by atoms with Crippen molar-refractivity contribution in [3.05, 3.63) is 89.2 Å². The predicted molar refractivity (Wildman–Crippen MR) is 158 cm³/mol. The van der Waals surface area contributed by atoms with Gasteiger partial charge in [-0.2, -0.15) is 0 Å². The summed E-state index contributed by atoms with van der Waals surface area (Å²) in [4.78, 5) is 12.8. The summed E-state index contributed by atoms with van der Waals surface area (Å²) in [6.07, 6.45) is 4.06. The highest BCUT2D eigenvalue weighted by molar-refractivity contribution is 5.76. The number of para-hydroxylation sites is 2. The highest BCUT2D eigenvalue weighted by Crippen LogP contribution is 2.33. The van der Waals surface area contributed by atoms with Crippen LogP contribution >= 0.6 is 0 Å². The molecule has 208 valence electrons. The van der Waals surface area contributed by atoms with Crippen molar-refractivity contribution in [1.29, 1.82) is 0 Å². The Morgan fingerprint density at radius 1 is 0.575 bits per heavy atom. The molecule has 0 spiro atoms. The molecule has 0 unspecified atom stereocenters. The number of hydrogen-bond acceptors (Lipinski definition) is 6. The van der Waals surface area contributed by atoms with E-state index < -0.39 is 0 Å². The first kappa shape index (κ1) is 25.6. The highest BCUT2D eigenvalue weighted by Gasteiger charge is 2.21. The fourth-order valence-corrected chi connectivity index (χ4v) is 6.33. The van der Waals surface area contributed by atoms with Crippen LogP contribution in [0.5, 0.6) is 11.5 Å². The summed E-state index contributed by atoms with van der Waals surface area (Å²) in [5, 5.41) is 0. The molecule has 0 radical (unpaired) electrons. The molecule has 0 amide bonds. The number of imidazole rings is 1. The minimum absolute atomic E-state index is 0.326. The van der Waals surface area contributed by atoms with Crippen LogP contribution in [-0.4, -0.2) is 70.3 Å². The average Bonchev–Trinajstić information content (AvgIpc) is 3.60. The van der Waals surface area contributed by atoms with E-state index in [0.29, 0.717) is 6.79 Å². The van der Waals surface area contributed by atoms with Gasteiger partial charge < -0.3 is 14.0 Å². The highest BCUT2D eigenvalue weighted by atomic mass is 16.7. The summed E-state index contributed by atoms with van der Waals surface area (Å²) < 4.78 is 13.5. The number of nitrogens with zero attached hydrogens (tertiary/aromatic N) is 5. The minimum Gasteiger partial charge on any atom is -0.454 e. The lowest BCUT2D eigenvalue weighted by atomic mass is 10.1. The fourth-order valence-electron chi connectivity index (χ4n) is 6.33. The standard InChI is InChI=1S/C33H39N5O2/c1-4-14-35(15-5-1)21-26-8-10-27(11-9-26)23-38-30-7-3-2-6-29(30)34-33(38)24-37-18-16-36(17-19-37)22-28-12-13-31-32(20-28)40-25-39-31/h2-3,6-13,20H,1,4-5,14-19,21-25H2. The molecule has 1 aromatic heterocycles. The van der Waals surface area contributed by atoms with Crippen LogP contribution in [0.2, 0.25) is 0 Å². The molecule has 7 rings (SSSR count). The lowest BCUT2D eigenvalue weighted by Crippen LogP contribution is -2.45. The summed E-state index contributed by atoms with van der Waals surface area (Å²) in [6.45, 7) is 10.7. The molecule has 2 saturated heterocycles. The maximum absolute atomic E-state index is 5.57. The number of piperidine rings is 1. The van der Waals surface area contributed by atoms with Gasteiger partial charge in [-0.3, -0.25) is 14.7 Å². The number of aromatic nitrogens is 2. The molecule has 4 aromatic rings. The van der Waals surface area contributed by atoms with Gasteiger partial charge in [-0.1, -0.05) is 48.9 Å². The van der Waals surface area contributed by atoms with Gasteiger partial charge in [0, 0.05) is 45.8 Å². The van der Waals surface area contributed by atoms with Crippen LogP contribution in [0.4, 0.5) is 0 Å². The zero-order valence-corrected chi connectivity index (χ0v) is 23.3. The van der Waals surface area contributed by atoms with Crippen LogP contribution in [-0.2, 0) is 26.2 Å². The zero-order chi connectivity index (χ0) is 26.7. The largest absolute Gasteiger partial charge is 0.454 e. The first-order valence-electron chi connectivity index (χ1n) is 14.8. The van der Waals surface area contributed by atoms with Crippen LogP contribution in [0, 0.1) is 0 Å². The molecule has 4 heterocycles. The first-order chi connectivity index (χ1) is 19.8. The van der Waals surface area contributed by atoms with Gasteiger partial charge >= 0.3 is 0 Å². The predicted octanol–water partition coefficient (Wildman–Crippen LogP) is 5.12. The van der Waals surface area contributed by atoms with E-state index in [1.807, 2.05) is 6.07 Å². The van der Waals surface area contributed by atoms with Crippen LogP contribution in [0.3, 0.4) is 0 Å². The summed E-state index contributed by atoms with van der Waals surface area (Å²) in [7, 11) is 0. The number of rotatable bonds is 8. The van der Waals surface area contributed by atoms with Crippen LogP contribution in [0.25, 0.3) is 11.0 Å². The molecule has 2 fully saturated rings. The first-order valence-corrected chi connectivity index (χ1v) is 14.8. The van der Waals surface area contributed by atoms with E-state index in [4.69, 9.17) is 14.5 Å². The molecule has 3 aliphatic rings. The SMILES string of the molecule is c1ccc2c(c1)nc(CN1CCN(Cc3ccc4c(c3)OCO4)CC1)n2Cc1ccc(CN2CCCCC2)cc1. The molecule has 3 aliphatic heterocycles. The van der Waals surface area contributed by atoms with Crippen molar-refractivity contribution in [2.24, 2.45) is 0 Å². The second kappa shape index (κ2) is 11.6. The smallest absolute Gasteiger partial charge is 0.231 e. The molecule has 0 N–H and O–H groups in total. The van der Waals surface area contributed by atoms with Crippen molar-refractivity contribution in [2.45, 2.75) is 45.4 Å². The molecular formula is C33H39N5O2. The maximum Gasteiger partial charge on any atom is 0.231 e. The van der Waals surface area contributed by atoms with Crippen LogP contribution in [0.1, 0.15) is 41.8 Å². The Hall–Kier alpha value is -3.39. The molecule has 3 aromatic carbocycles. The third-order valence-electron chi connectivity index (χ3n) is 8.63. The van der Waals surface area contributed by atoms with Crippen LogP contribution < -0.4 is 9.47 Å². The number of fused-ring (bicyclic) bond motifs is 2. The minimum atomic E-state index is 0.326.